The number of hydrogen-bond donors (Lipinski definition) is 2. The Morgan fingerprint density at radius 3 is 2.70 bits per heavy atom. The fourth-order valence-electron chi connectivity index (χ4n) is 3.08. The average Bonchev–Trinajstić information content (AvgIpc) is 2.54. The summed E-state index contributed by atoms with van der Waals surface area (Å²) >= 11 is 0. The fourth-order valence-corrected chi connectivity index (χ4v) is 4.59. The molecule has 0 aliphatic heterocycles. The number of methoxy groups -OCH3 is 1. The minimum absolute atomic E-state index is 0.121. The van der Waals surface area contributed by atoms with Gasteiger partial charge in [-0.25, -0.2) is 17.9 Å². The van der Waals surface area contributed by atoms with Gasteiger partial charge < -0.3 is 10.5 Å². The molecule has 1 fully saturated rings. The van der Waals surface area contributed by atoms with E-state index >= 15 is 0 Å². The van der Waals surface area contributed by atoms with Crippen LogP contribution in [0.2, 0.25) is 0 Å². The molecule has 7 heteroatoms. The second kappa shape index (κ2) is 7.90. The number of carbonyl (C=O) groups excluding carboxylic acids is 1. The number of rotatable bonds is 6. The van der Waals surface area contributed by atoms with Crippen molar-refractivity contribution in [1.82, 2.24) is 4.72 Å². The number of nitrogens with two attached hydrogens (primary N) is 1. The molecule has 2 rings (SSSR count). The maximum Gasteiger partial charge on any atom is 0.338 e. The van der Waals surface area contributed by atoms with Crippen molar-refractivity contribution >= 4 is 16.0 Å². The van der Waals surface area contributed by atoms with E-state index in [-0.39, 0.29) is 23.3 Å². The average molecular weight is 340 g/mol. The molecule has 1 saturated carbocycles. The summed E-state index contributed by atoms with van der Waals surface area (Å²) in [6.45, 7) is 0.478. The third-order valence-corrected chi connectivity index (χ3v) is 5.66. The first-order valence-corrected chi connectivity index (χ1v) is 9.48. The van der Waals surface area contributed by atoms with E-state index in [1.807, 2.05) is 0 Å². The first-order valence-electron chi connectivity index (χ1n) is 7.83. The zero-order valence-electron chi connectivity index (χ0n) is 13.3. The smallest absolute Gasteiger partial charge is 0.338 e. The molecule has 1 aliphatic carbocycles. The van der Waals surface area contributed by atoms with Crippen LogP contribution in [0.5, 0.6) is 0 Å². The highest BCUT2D eigenvalue weighted by Gasteiger charge is 2.28. The van der Waals surface area contributed by atoms with Crippen molar-refractivity contribution in [2.24, 2.45) is 11.7 Å². The van der Waals surface area contributed by atoms with Gasteiger partial charge in [-0.2, -0.15) is 0 Å². The van der Waals surface area contributed by atoms with Gasteiger partial charge in [-0.05, 0) is 36.9 Å². The van der Waals surface area contributed by atoms with Gasteiger partial charge >= 0.3 is 5.97 Å². The molecule has 0 radical (unpaired) electrons. The number of hydrogen-bond acceptors (Lipinski definition) is 5. The minimum atomic E-state index is -3.55. The largest absolute Gasteiger partial charge is 0.465 e. The van der Waals surface area contributed by atoms with E-state index in [1.54, 1.807) is 24.3 Å². The van der Waals surface area contributed by atoms with Crippen molar-refractivity contribution < 1.29 is 17.9 Å². The molecule has 2 atom stereocenters. The molecule has 0 saturated heterocycles. The van der Waals surface area contributed by atoms with Crippen LogP contribution in [0, 0.1) is 5.92 Å². The van der Waals surface area contributed by atoms with Gasteiger partial charge in [0, 0.05) is 6.04 Å². The van der Waals surface area contributed by atoms with Crippen molar-refractivity contribution in [1.29, 1.82) is 0 Å². The molecule has 1 aliphatic rings. The van der Waals surface area contributed by atoms with Gasteiger partial charge in [-0.3, -0.25) is 0 Å². The van der Waals surface area contributed by atoms with E-state index in [4.69, 9.17) is 10.5 Å². The highest BCUT2D eigenvalue weighted by molar-refractivity contribution is 7.88. The predicted molar refractivity (Wildman–Crippen MR) is 88.3 cm³/mol. The second-order valence-electron chi connectivity index (χ2n) is 5.91. The quantitative estimate of drug-likeness (QED) is 0.763. The highest BCUT2D eigenvalue weighted by Crippen LogP contribution is 2.24. The van der Waals surface area contributed by atoms with Gasteiger partial charge in [0.25, 0.3) is 0 Å². The van der Waals surface area contributed by atoms with Gasteiger partial charge in [0.1, 0.15) is 0 Å². The van der Waals surface area contributed by atoms with Crippen molar-refractivity contribution in [3.05, 3.63) is 35.4 Å². The lowest BCUT2D eigenvalue weighted by atomic mass is 9.85. The summed E-state index contributed by atoms with van der Waals surface area (Å²) < 4.78 is 32.5. The Balaban J connectivity index is 2.14. The Morgan fingerprint density at radius 2 is 2.00 bits per heavy atom. The molecule has 0 spiro atoms. The van der Waals surface area contributed by atoms with E-state index in [1.165, 1.54) is 7.11 Å². The number of ether oxygens (including phenoxy) is 1. The molecule has 1 aromatic carbocycles. The monoisotopic (exact) mass is 340 g/mol. The molecular weight excluding hydrogens is 316 g/mol. The lowest BCUT2D eigenvalue weighted by molar-refractivity contribution is 0.0600. The van der Waals surface area contributed by atoms with Gasteiger partial charge in [-0.15, -0.1) is 0 Å². The zero-order chi connectivity index (χ0) is 16.9. The summed E-state index contributed by atoms with van der Waals surface area (Å²) in [5, 5.41) is 0. The normalized spacial score (nSPS) is 21.8. The second-order valence-corrected chi connectivity index (χ2v) is 7.67. The van der Waals surface area contributed by atoms with Crippen LogP contribution in [0.3, 0.4) is 0 Å². The van der Waals surface area contributed by atoms with Gasteiger partial charge in [0.15, 0.2) is 0 Å². The molecule has 128 valence electrons. The molecular formula is C16H24N2O4S. The van der Waals surface area contributed by atoms with Crippen LogP contribution in [0.25, 0.3) is 0 Å². The predicted octanol–water partition coefficient (Wildman–Crippen LogP) is 1.41. The third-order valence-electron chi connectivity index (χ3n) is 4.31. The minimum Gasteiger partial charge on any atom is -0.465 e. The van der Waals surface area contributed by atoms with Crippen LogP contribution in [0.1, 0.15) is 41.6 Å². The van der Waals surface area contributed by atoms with E-state index in [9.17, 15) is 13.2 Å². The Labute approximate surface area is 137 Å². The van der Waals surface area contributed by atoms with Crippen molar-refractivity contribution in [2.75, 3.05) is 13.7 Å². The van der Waals surface area contributed by atoms with Gasteiger partial charge in [0.05, 0.1) is 18.4 Å². The van der Waals surface area contributed by atoms with E-state index in [0.717, 1.165) is 25.7 Å². The number of sulfonamides is 1. The van der Waals surface area contributed by atoms with Crippen LogP contribution < -0.4 is 10.5 Å². The molecule has 0 heterocycles. The van der Waals surface area contributed by atoms with Crippen LogP contribution in [-0.4, -0.2) is 34.1 Å². The van der Waals surface area contributed by atoms with Crippen molar-refractivity contribution in [3.63, 3.8) is 0 Å². The Kier molecular flexibility index (Phi) is 6.15. The Bertz CT molecular complexity index is 645. The number of carbonyl (C=O) groups is 1. The maximum atomic E-state index is 12.5. The Hall–Kier alpha value is -1.44. The molecule has 0 aromatic heterocycles. The maximum absolute atomic E-state index is 12.5. The molecule has 0 amide bonds. The van der Waals surface area contributed by atoms with Crippen LogP contribution in [-0.2, 0) is 20.5 Å². The lowest BCUT2D eigenvalue weighted by Crippen LogP contribution is -2.45. The van der Waals surface area contributed by atoms with Crippen LogP contribution in [0.4, 0.5) is 0 Å². The number of benzene rings is 1. The number of esters is 1. The molecule has 23 heavy (non-hydrogen) atoms. The molecule has 2 unspecified atom stereocenters. The van der Waals surface area contributed by atoms with Gasteiger partial charge in [-0.1, -0.05) is 31.0 Å². The highest BCUT2D eigenvalue weighted by atomic mass is 32.2. The van der Waals surface area contributed by atoms with E-state index in [2.05, 4.69) is 4.72 Å². The molecule has 6 nitrogen and oxygen atoms in total. The van der Waals surface area contributed by atoms with Crippen LogP contribution in [0.15, 0.2) is 24.3 Å². The zero-order valence-corrected chi connectivity index (χ0v) is 14.1. The third kappa shape index (κ3) is 4.76. The van der Waals surface area contributed by atoms with E-state index in [0.29, 0.717) is 12.1 Å². The summed E-state index contributed by atoms with van der Waals surface area (Å²) in [5.74, 6) is -0.603. The molecule has 3 N–H and O–H groups in total. The van der Waals surface area contributed by atoms with Gasteiger partial charge in [0.2, 0.25) is 10.0 Å². The fraction of sp³-hybridized carbons (Fsp3) is 0.562. The first kappa shape index (κ1) is 17.9. The Morgan fingerprint density at radius 1 is 1.30 bits per heavy atom. The van der Waals surface area contributed by atoms with Crippen molar-refractivity contribution in [3.8, 4) is 0 Å². The van der Waals surface area contributed by atoms with Crippen molar-refractivity contribution in [2.45, 2.75) is 37.5 Å². The molecule has 1 aromatic rings. The standard InChI is InChI=1S/C16H24N2O4S/c1-22-16(19)14-8-4-2-7-13(14)11-23(20,21)18-15-9-5-3-6-12(15)10-17/h2,4,7-8,12,15,18H,3,5-6,9-11,17H2,1H3. The van der Waals surface area contributed by atoms with E-state index < -0.39 is 16.0 Å². The van der Waals surface area contributed by atoms with Crippen LogP contribution >= 0.6 is 0 Å². The SMILES string of the molecule is COC(=O)c1ccccc1CS(=O)(=O)NC1CCCCC1CN. The summed E-state index contributed by atoms with van der Waals surface area (Å²) in [6.07, 6.45) is 3.84. The summed E-state index contributed by atoms with van der Waals surface area (Å²) in [4.78, 5) is 11.8. The summed E-state index contributed by atoms with van der Waals surface area (Å²) in [5.41, 5.74) is 6.47. The summed E-state index contributed by atoms with van der Waals surface area (Å²) in [7, 11) is -2.28. The number of nitrogens with one attached hydrogen (secondary N) is 1. The lowest BCUT2D eigenvalue weighted by Gasteiger charge is -2.31. The topological polar surface area (TPSA) is 98.5 Å². The summed E-state index contributed by atoms with van der Waals surface area (Å²) in [6, 6.07) is 6.47. The first-order chi connectivity index (χ1) is 11.0. The molecule has 0 bridgehead atoms.